The zero-order chi connectivity index (χ0) is 17.9. The summed E-state index contributed by atoms with van der Waals surface area (Å²) >= 11 is 3.38. The monoisotopic (exact) mass is 419 g/mol. The van der Waals surface area contributed by atoms with Crippen molar-refractivity contribution in [3.05, 3.63) is 82.3 Å². The lowest BCUT2D eigenvalue weighted by Gasteiger charge is -2.09. The van der Waals surface area contributed by atoms with Gasteiger partial charge in [0.25, 0.3) is 0 Å². The molecular weight excluding hydrogens is 402 g/mol. The molecule has 1 N–H and O–H groups in total. The van der Waals surface area contributed by atoms with E-state index in [1.807, 2.05) is 42.0 Å². The van der Waals surface area contributed by atoms with Crippen LogP contribution in [0.15, 0.2) is 70.6 Å². The van der Waals surface area contributed by atoms with E-state index in [-0.39, 0.29) is 11.4 Å². The van der Waals surface area contributed by atoms with E-state index in [1.54, 1.807) is 30.7 Å². The van der Waals surface area contributed by atoms with Gasteiger partial charge in [0.15, 0.2) is 0 Å². The molecule has 3 aromatic rings. The summed E-state index contributed by atoms with van der Waals surface area (Å²) < 4.78 is 30.3. The average Bonchev–Trinajstić information content (AvgIpc) is 3.10. The zero-order valence-electron chi connectivity index (χ0n) is 13.7. The van der Waals surface area contributed by atoms with Crippen molar-refractivity contribution in [2.75, 3.05) is 0 Å². The molecule has 0 fully saturated rings. The Kier molecular flexibility index (Phi) is 5.36. The number of rotatable bonds is 6. The molecule has 0 saturated carbocycles. The van der Waals surface area contributed by atoms with Crippen LogP contribution in [0.3, 0.4) is 0 Å². The Morgan fingerprint density at radius 3 is 2.48 bits per heavy atom. The summed E-state index contributed by atoms with van der Waals surface area (Å²) in [5, 5.41) is 0. The molecule has 0 atom stereocenters. The molecule has 5 nitrogen and oxygen atoms in total. The summed E-state index contributed by atoms with van der Waals surface area (Å²) in [5.41, 5.74) is 2.92. The van der Waals surface area contributed by atoms with E-state index >= 15 is 0 Å². The zero-order valence-corrected chi connectivity index (χ0v) is 16.1. The number of aryl methyl sites for hydroxylation is 1. The quantitative estimate of drug-likeness (QED) is 0.664. The summed E-state index contributed by atoms with van der Waals surface area (Å²) in [5.74, 6) is 0. The van der Waals surface area contributed by atoms with Gasteiger partial charge in [-0.1, -0.05) is 40.2 Å². The summed E-state index contributed by atoms with van der Waals surface area (Å²) in [4.78, 5) is 4.28. The first-order valence-electron chi connectivity index (χ1n) is 7.73. The normalized spacial score (nSPS) is 11.6. The molecule has 0 bridgehead atoms. The van der Waals surface area contributed by atoms with Crippen LogP contribution >= 0.6 is 15.9 Å². The summed E-state index contributed by atoms with van der Waals surface area (Å²) in [6, 6.07) is 12.8. The predicted octanol–water partition coefficient (Wildman–Crippen LogP) is 3.48. The molecule has 0 aliphatic rings. The average molecular weight is 420 g/mol. The highest BCUT2D eigenvalue weighted by atomic mass is 79.9. The topological polar surface area (TPSA) is 64.0 Å². The third-order valence-corrected chi connectivity index (χ3v) is 6.14. The number of hydrogen-bond acceptors (Lipinski definition) is 3. The minimum atomic E-state index is -3.53. The molecule has 0 radical (unpaired) electrons. The van der Waals surface area contributed by atoms with E-state index < -0.39 is 10.0 Å². The van der Waals surface area contributed by atoms with Crippen molar-refractivity contribution in [1.82, 2.24) is 14.3 Å². The summed E-state index contributed by atoms with van der Waals surface area (Å²) in [7, 11) is -3.53. The van der Waals surface area contributed by atoms with Crippen molar-refractivity contribution in [2.24, 2.45) is 0 Å². The number of nitrogens with zero attached hydrogens (tertiary/aromatic N) is 2. The van der Waals surface area contributed by atoms with Crippen LogP contribution in [-0.4, -0.2) is 18.0 Å². The van der Waals surface area contributed by atoms with Gasteiger partial charge in [0.2, 0.25) is 10.0 Å². The molecule has 0 aliphatic carbocycles. The van der Waals surface area contributed by atoms with Gasteiger partial charge < -0.3 is 4.57 Å². The lowest BCUT2D eigenvalue weighted by molar-refractivity contribution is 0.581. The third-order valence-electron chi connectivity index (χ3n) is 3.85. The maximum Gasteiger partial charge on any atom is 0.240 e. The molecule has 1 heterocycles. The molecule has 7 heteroatoms. The smallest absolute Gasteiger partial charge is 0.240 e. The Hall–Kier alpha value is -1.96. The second-order valence-electron chi connectivity index (χ2n) is 5.79. The van der Waals surface area contributed by atoms with Crippen LogP contribution in [0.2, 0.25) is 0 Å². The first kappa shape index (κ1) is 17.8. The maximum absolute atomic E-state index is 12.4. The number of benzene rings is 2. The first-order valence-corrected chi connectivity index (χ1v) is 10.0. The second-order valence-corrected chi connectivity index (χ2v) is 8.41. The van der Waals surface area contributed by atoms with E-state index in [0.717, 1.165) is 27.7 Å². The van der Waals surface area contributed by atoms with Crippen LogP contribution in [0.25, 0.3) is 0 Å². The van der Waals surface area contributed by atoms with E-state index in [2.05, 4.69) is 25.6 Å². The van der Waals surface area contributed by atoms with Crippen molar-refractivity contribution in [3.8, 4) is 0 Å². The van der Waals surface area contributed by atoms with Gasteiger partial charge >= 0.3 is 0 Å². The summed E-state index contributed by atoms with van der Waals surface area (Å²) in [6.45, 7) is 2.86. The Labute approximate surface area is 155 Å². The fourth-order valence-electron chi connectivity index (χ4n) is 2.40. The minimum Gasteiger partial charge on any atom is -0.333 e. The molecule has 25 heavy (non-hydrogen) atoms. The van der Waals surface area contributed by atoms with E-state index in [4.69, 9.17) is 0 Å². The molecular formula is C18H18BrN3O2S. The van der Waals surface area contributed by atoms with Crippen molar-refractivity contribution in [2.45, 2.75) is 24.9 Å². The molecule has 0 spiro atoms. The Morgan fingerprint density at radius 1 is 1.12 bits per heavy atom. The first-order chi connectivity index (χ1) is 11.9. The molecule has 0 amide bonds. The summed E-state index contributed by atoms with van der Waals surface area (Å²) in [6.07, 6.45) is 5.41. The third kappa shape index (κ3) is 4.56. The van der Waals surface area contributed by atoms with Crippen LogP contribution in [0, 0.1) is 6.92 Å². The minimum absolute atomic E-state index is 0.253. The van der Waals surface area contributed by atoms with Gasteiger partial charge in [-0.2, -0.15) is 0 Å². The Bertz CT molecular complexity index is 952. The standard InChI is InChI=1S/C18H18BrN3O2S/c1-14-10-17(6-7-18(14)19)25(23,24)21-11-15-2-4-16(5-3-15)12-22-9-8-20-13-22/h2-10,13,21H,11-12H2,1H3. The van der Waals surface area contributed by atoms with Gasteiger partial charge in [-0.3, -0.25) is 0 Å². The van der Waals surface area contributed by atoms with E-state index in [0.29, 0.717) is 0 Å². The molecule has 2 aromatic carbocycles. The Morgan fingerprint density at radius 2 is 1.84 bits per heavy atom. The van der Waals surface area contributed by atoms with Crippen LogP contribution in [0.1, 0.15) is 16.7 Å². The molecule has 0 aliphatic heterocycles. The number of sulfonamides is 1. The number of halogens is 1. The Balaban J connectivity index is 1.65. The van der Waals surface area contributed by atoms with Gasteiger partial charge in [0, 0.05) is 30.0 Å². The van der Waals surface area contributed by atoms with Crippen LogP contribution in [0.4, 0.5) is 0 Å². The second kappa shape index (κ2) is 7.51. The number of hydrogen-bond donors (Lipinski definition) is 1. The fourth-order valence-corrected chi connectivity index (χ4v) is 3.75. The molecule has 3 rings (SSSR count). The van der Waals surface area contributed by atoms with Gasteiger partial charge in [0.1, 0.15) is 0 Å². The van der Waals surface area contributed by atoms with E-state index in [1.165, 1.54) is 0 Å². The number of aromatic nitrogens is 2. The molecule has 0 saturated heterocycles. The van der Waals surface area contributed by atoms with Gasteiger partial charge in [0.05, 0.1) is 11.2 Å². The van der Waals surface area contributed by atoms with Crippen molar-refractivity contribution >= 4 is 26.0 Å². The van der Waals surface area contributed by atoms with Crippen LogP contribution in [-0.2, 0) is 23.1 Å². The molecule has 0 unspecified atom stereocenters. The van der Waals surface area contributed by atoms with Crippen molar-refractivity contribution < 1.29 is 8.42 Å². The highest BCUT2D eigenvalue weighted by molar-refractivity contribution is 9.10. The number of imidazole rings is 1. The maximum atomic E-state index is 12.4. The SMILES string of the molecule is Cc1cc(S(=O)(=O)NCc2ccc(Cn3ccnc3)cc2)ccc1Br. The highest BCUT2D eigenvalue weighted by Crippen LogP contribution is 2.20. The van der Waals surface area contributed by atoms with Gasteiger partial charge in [-0.25, -0.2) is 18.1 Å². The molecule has 1 aromatic heterocycles. The van der Waals surface area contributed by atoms with E-state index in [9.17, 15) is 8.42 Å². The lowest BCUT2D eigenvalue weighted by atomic mass is 10.1. The van der Waals surface area contributed by atoms with Crippen LogP contribution < -0.4 is 4.72 Å². The lowest BCUT2D eigenvalue weighted by Crippen LogP contribution is -2.23. The van der Waals surface area contributed by atoms with Crippen LogP contribution in [0.5, 0.6) is 0 Å². The van der Waals surface area contributed by atoms with Crippen molar-refractivity contribution in [1.29, 1.82) is 0 Å². The largest absolute Gasteiger partial charge is 0.333 e. The number of nitrogens with one attached hydrogen (secondary N) is 1. The van der Waals surface area contributed by atoms with Crippen molar-refractivity contribution in [3.63, 3.8) is 0 Å². The predicted molar refractivity (Wildman–Crippen MR) is 101 cm³/mol. The fraction of sp³-hybridized carbons (Fsp3) is 0.167. The highest BCUT2D eigenvalue weighted by Gasteiger charge is 2.14. The van der Waals surface area contributed by atoms with Gasteiger partial charge in [-0.15, -0.1) is 0 Å². The molecule has 130 valence electrons. The van der Waals surface area contributed by atoms with Gasteiger partial charge in [-0.05, 0) is 41.8 Å².